The van der Waals surface area contributed by atoms with Gasteiger partial charge in [0.15, 0.2) is 5.96 Å². The number of anilines is 1. The highest BCUT2D eigenvalue weighted by Crippen LogP contribution is 2.26. The molecule has 1 unspecified atom stereocenters. The van der Waals surface area contributed by atoms with Gasteiger partial charge >= 0.3 is 0 Å². The van der Waals surface area contributed by atoms with Crippen molar-refractivity contribution in [3.05, 3.63) is 58.9 Å². The number of halogens is 4. The maximum Gasteiger partial charge on any atom is 0.191 e. The van der Waals surface area contributed by atoms with Crippen LogP contribution in [0.15, 0.2) is 41.5 Å². The SMILES string of the molecule is CCNC(=NCc1ccc(Cl)nc1)NC1CCN(c2c(F)cccc2F)C1.I. The predicted molar refractivity (Wildman–Crippen MR) is 120 cm³/mol. The third-order valence-corrected chi connectivity index (χ3v) is 4.56. The van der Waals surface area contributed by atoms with Gasteiger partial charge in [-0.1, -0.05) is 23.7 Å². The van der Waals surface area contributed by atoms with Gasteiger partial charge in [0, 0.05) is 31.9 Å². The highest BCUT2D eigenvalue weighted by atomic mass is 127. The third kappa shape index (κ3) is 5.91. The Balaban J connectivity index is 0.00000280. The molecule has 0 bridgehead atoms. The van der Waals surface area contributed by atoms with Crippen molar-refractivity contribution in [2.75, 3.05) is 24.5 Å². The summed E-state index contributed by atoms with van der Waals surface area (Å²) in [6.07, 6.45) is 2.45. The van der Waals surface area contributed by atoms with Gasteiger partial charge in [-0.3, -0.25) is 0 Å². The highest BCUT2D eigenvalue weighted by molar-refractivity contribution is 14.0. The zero-order valence-corrected chi connectivity index (χ0v) is 18.5. The first kappa shape index (κ1) is 22.6. The highest BCUT2D eigenvalue weighted by Gasteiger charge is 2.27. The Kier molecular flexibility index (Phi) is 8.68. The number of aliphatic imine (C=N–C) groups is 1. The Morgan fingerprint density at radius 3 is 2.68 bits per heavy atom. The number of guanidine groups is 1. The molecule has 2 aromatic rings. The molecule has 0 saturated carbocycles. The van der Waals surface area contributed by atoms with E-state index in [-0.39, 0.29) is 35.7 Å². The molecule has 3 rings (SSSR count). The number of rotatable bonds is 5. The van der Waals surface area contributed by atoms with Crippen molar-refractivity contribution in [3.63, 3.8) is 0 Å². The first-order chi connectivity index (χ1) is 13.1. The van der Waals surface area contributed by atoms with E-state index < -0.39 is 11.6 Å². The van der Waals surface area contributed by atoms with Crippen molar-refractivity contribution in [3.8, 4) is 0 Å². The van der Waals surface area contributed by atoms with Crippen LogP contribution in [0.5, 0.6) is 0 Å². The average molecular weight is 522 g/mol. The van der Waals surface area contributed by atoms with Gasteiger partial charge in [0.1, 0.15) is 22.5 Å². The summed E-state index contributed by atoms with van der Waals surface area (Å²) in [5.74, 6) is -0.411. The molecule has 0 amide bonds. The van der Waals surface area contributed by atoms with Crippen LogP contribution >= 0.6 is 35.6 Å². The van der Waals surface area contributed by atoms with Crippen LogP contribution in [0.4, 0.5) is 14.5 Å². The summed E-state index contributed by atoms with van der Waals surface area (Å²) in [7, 11) is 0. The van der Waals surface area contributed by atoms with E-state index in [0.29, 0.717) is 37.3 Å². The normalized spacial score (nSPS) is 16.6. The van der Waals surface area contributed by atoms with Gasteiger partial charge in [0.2, 0.25) is 0 Å². The van der Waals surface area contributed by atoms with E-state index >= 15 is 0 Å². The van der Waals surface area contributed by atoms with Crippen molar-refractivity contribution < 1.29 is 8.78 Å². The van der Waals surface area contributed by atoms with E-state index in [4.69, 9.17) is 11.6 Å². The summed E-state index contributed by atoms with van der Waals surface area (Å²) in [5, 5.41) is 6.98. The summed E-state index contributed by atoms with van der Waals surface area (Å²) in [4.78, 5) is 10.3. The van der Waals surface area contributed by atoms with E-state index in [1.54, 1.807) is 17.2 Å². The van der Waals surface area contributed by atoms with Crippen molar-refractivity contribution in [2.24, 2.45) is 4.99 Å². The quantitative estimate of drug-likeness (QED) is 0.271. The molecule has 1 aliphatic heterocycles. The maximum absolute atomic E-state index is 14.0. The van der Waals surface area contributed by atoms with Crippen LogP contribution < -0.4 is 15.5 Å². The zero-order chi connectivity index (χ0) is 19.2. The van der Waals surface area contributed by atoms with Crippen molar-refractivity contribution in [2.45, 2.75) is 25.9 Å². The molecule has 152 valence electrons. The lowest BCUT2D eigenvalue weighted by atomic mass is 10.2. The number of nitrogens with zero attached hydrogens (tertiary/aromatic N) is 3. The Labute approximate surface area is 185 Å². The number of pyridine rings is 1. The first-order valence-electron chi connectivity index (χ1n) is 8.91. The van der Waals surface area contributed by atoms with Gasteiger partial charge in [-0.15, -0.1) is 24.0 Å². The molecule has 2 heterocycles. The lowest BCUT2D eigenvalue weighted by molar-refractivity contribution is 0.576. The zero-order valence-electron chi connectivity index (χ0n) is 15.5. The van der Waals surface area contributed by atoms with Crippen molar-refractivity contribution >= 4 is 47.2 Å². The van der Waals surface area contributed by atoms with Gasteiger partial charge in [0.25, 0.3) is 0 Å². The summed E-state index contributed by atoms with van der Waals surface area (Å²) in [6.45, 7) is 4.23. The topological polar surface area (TPSA) is 52.6 Å². The fraction of sp³-hybridized carbons (Fsp3) is 0.368. The van der Waals surface area contributed by atoms with Gasteiger partial charge in [-0.25, -0.2) is 18.8 Å². The van der Waals surface area contributed by atoms with Crippen LogP contribution in [0, 0.1) is 11.6 Å². The molecular formula is C19H23ClF2IN5. The molecule has 1 saturated heterocycles. The van der Waals surface area contributed by atoms with E-state index in [1.807, 2.05) is 13.0 Å². The monoisotopic (exact) mass is 521 g/mol. The fourth-order valence-corrected chi connectivity index (χ4v) is 3.17. The molecule has 1 aromatic carbocycles. The molecule has 9 heteroatoms. The van der Waals surface area contributed by atoms with Crippen LogP contribution in [0.25, 0.3) is 0 Å². The van der Waals surface area contributed by atoms with Crippen LogP contribution in [0.2, 0.25) is 5.15 Å². The van der Waals surface area contributed by atoms with Gasteiger partial charge in [-0.05, 0) is 37.1 Å². The van der Waals surface area contributed by atoms with Gasteiger partial charge < -0.3 is 15.5 Å². The number of benzene rings is 1. The van der Waals surface area contributed by atoms with Gasteiger partial charge in [0.05, 0.1) is 6.54 Å². The summed E-state index contributed by atoms with van der Waals surface area (Å²) in [6, 6.07) is 7.59. The van der Waals surface area contributed by atoms with Crippen molar-refractivity contribution in [1.82, 2.24) is 15.6 Å². The standard InChI is InChI=1S/C19H22ClF2N5.HI/c1-2-23-19(25-11-13-6-7-17(20)24-10-13)26-14-8-9-27(12-14)18-15(21)4-3-5-16(18)22;/h3-7,10,14H,2,8-9,11-12H2,1H3,(H2,23,25,26);1H. The van der Waals surface area contributed by atoms with Crippen LogP contribution in [0.1, 0.15) is 18.9 Å². The molecule has 28 heavy (non-hydrogen) atoms. The summed E-state index contributed by atoms with van der Waals surface area (Å²) < 4.78 is 28.0. The molecule has 1 fully saturated rings. The Hall–Kier alpha value is -1.68. The van der Waals surface area contributed by atoms with Crippen LogP contribution in [0.3, 0.4) is 0 Å². The van der Waals surface area contributed by atoms with Gasteiger partial charge in [-0.2, -0.15) is 0 Å². The molecule has 1 atom stereocenters. The minimum atomic E-state index is -0.536. The van der Waals surface area contributed by atoms with Crippen LogP contribution in [-0.4, -0.2) is 36.6 Å². The molecule has 1 aliphatic rings. The predicted octanol–water partition coefficient (Wildman–Crippen LogP) is 3.97. The molecule has 0 aliphatic carbocycles. The number of aromatic nitrogens is 1. The number of hydrogen-bond donors (Lipinski definition) is 2. The molecule has 0 radical (unpaired) electrons. The molecule has 1 aromatic heterocycles. The summed E-state index contributed by atoms with van der Waals surface area (Å²) >= 11 is 5.79. The second-order valence-corrected chi connectivity index (χ2v) is 6.72. The second kappa shape index (κ2) is 10.8. The Morgan fingerprint density at radius 1 is 1.29 bits per heavy atom. The van der Waals surface area contributed by atoms with E-state index in [0.717, 1.165) is 12.0 Å². The molecule has 2 N–H and O–H groups in total. The fourth-order valence-electron chi connectivity index (χ4n) is 3.06. The lowest BCUT2D eigenvalue weighted by Gasteiger charge is -2.21. The number of para-hydroxylation sites is 1. The molecule has 5 nitrogen and oxygen atoms in total. The molecule has 0 spiro atoms. The van der Waals surface area contributed by atoms with E-state index in [2.05, 4.69) is 20.6 Å². The number of nitrogens with one attached hydrogen (secondary N) is 2. The first-order valence-corrected chi connectivity index (χ1v) is 9.29. The summed E-state index contributed by atoms with van der Waals surface area (Å²) in [5.41, 5.74) is 0.981. The minimum absolute atomic E-state index is 0. The number of hydrogen-bond acceptors (Lipinski definition) is 3. The lowest BCUT2D eigenvalue weighted by Crippen LogP contribution is -2.44. The van der Waals surface area contributed by atoms with Crippen LogP contribution in [-0.2, 0) is 6.54 Å². The second-order valence-electron chi connectivity index (χ2n) is 6.33. The van der Waals surface area contributed by atoms with E-state index in [1.165, 1.54) is 18.2 Å². The van der Waals surface area contributed by atoms with E-state index in [9.17, 15) is 8.78 Å². The van der Waals surface area contributed by atoms with Crippen molar-refractivity contribution in [1.29, 1.82) is 0 Å². The maximum atomic E-state index is 14.0. The largest absolute Gasteiger partial charge is 0.365 e. The Morgan fingerprint density at radius 2 is 2.04 bits per heavy atom. The minimum Gasteiger partial charge on any atom is -0.365 e. The average Bonchev–Trinajstić information content (AvgIpc) is 3.09. The smallest absolute Gasteiger partial charge is 0.191 e. The third-order valence-electron chi connectivity index (χ3n) is 4.34. The Bertz CT molecular complexity index is 783. The molecular weight excluding hydrogens is 499 g/mol.